The van der Waals surface area contributed by atoms with Crippen molar-refractivity contribution in [2.45, 2.75) is 12.7 Å². The molecule has 4 rings (SSSR count). The number of benzene rings is 2. The van der Waals surface area contributed by atoms with Crippen molar-refractivity contribution < 1.29 is 32.2 Å². The van der Waals surface area contributed by atoms with Crippen LogP contribution < -0.4 is 19.8 Å². The molecule has 0 radical (unpaired) electrons. The number of hydrogen-bond acceptors (Lipinski definition) is 7. The van der Waals surface area contributed by atoms with Crippen LogP contribution in [0, 0.1) is 0 Å². The largest absolute Gasteiger partial charge is 0.846 e. The number of anilines is 1. The lowest BCUT2D eigenvalue weighted by Crippen LogP contribution is -2.35. The summed E-state index contributed by atoms with van der Waals surface area (Å²) in [6.07, 6.45) is -0.0624. The molecule has 2 aromatic carbocycles. The number of rotatable bonds is 6. The minimum Gasteiger partial charge on any atom is -0.846 e. The van der Waals surface area contributed by atoms with Crippen LogP contribution in [0.25, 0.3) is 11.1 Å². The lowest BCUT2D eigenvalue weighted by atomic mass is 10.1. The Morgan fingerprint density at radius 2 is 2.00 bits per heavy atom. The highest BCUT2D eigenvalue weighted by molar-refractivity contribution is 5.87. The van der Waals surface area contributed by atoms with E-state index in [-0.39, 0.29) is 11.6 Å². The van der Waals surface area contributed by atoms with E-state index in [1.54, 1.807) is 6.20 Å². The Labute approximate surface area is 191 Å². The molecule has 0 saturated carbocycles. The van der Waals surface area contributed by atoms with E-state index in [1.807, 2.05) is 24.3 Å². The minimum absolute atomic E-state index is 0.0449. The van der Waals surface area contributed by atoms with Gasteiger partial charge in [0.1, 0.15) is 6.33 Å². The SMILES string of the molecule is COc1ncncc1-c1ccc(C[n+]2cc(N=C([O-])Nc3cccc(C(F)(F)F)c3)on2)cc1. The van der Waals surface area contributed by atoms with Gasteiger partial charge in [0, 0.05) is 17.4 Å². The van der Waals surface area contributed by atoms with Crippen LogP contribution in [0.4, 0.5) is 24.7 Å². The average Bonchev–Trinajstić information content (AvgIpc) is 3.25. The van der Waals surface area contributed by atoms with Crippen LogP contribution in [-0.2, 0) is 12.7 Å². The molecule has 0 aliphatic heterocycles. The number of methoxy groups -OCH3 is 1. The Bertz CT molecular complexity index is 1310. The van der Waals surface area contributed by atoms with Gasteiger partial charge in [-0.05, 0) is 28.4 Å². The zero-order chi connectivity index (χ0) is 24.1. The van der Waals surface area contributed by atoms with Crippen molar-refractivity contribution in [2.75, 3.05) is 12.4 Å². The smallest absolute Gasteiger partial charge is 0.416 e. The standard InChI is InChI=1S/C22H17F3N6O3/c1-33-20-18(10-26-13-27-20)15-7-5-14(6-8-15)11-31-12-19(34-30-31)29-21(32)28-17-4-2-3-16(9-17)22(23,24)25/h2-10,12-13H,11H2,1H3,(H-,28,29,30,32). The summed E-state index contributed by atoms with van der Waals surface area (Å²) >= 11 is 0. The molecule has 1 N–H and O–H groups in total. The van der Waals surface area contributed by atoms with E-state index < -0.39 is 17.8 Å². The summed E-state index contributed by atoms with van der Waals surface area (Å²) < 4.78 is 50.1. The fraction of sp³-hybridized carbons (Fsp3) is 0.136. The number of nitrogens with one attached hydrogen (secondary N) is 1. The molecule has 2 aromatic heterocycles. The van der Waals surface area contributed by atoms with Gasteiger partial charge < -0.3 is 15.2 Å². The summed E-state index contributed by atoms with van der Waals surface area (Å²) in [4.78, 5) is 11.8. The number of hydrogen-bond donors (Lipinski definition) is 1. The third-order valence-electron chi connectivity index (χ3n) is 4.63. The molecule has 12 heteroatoms. The van der Waals surface area contributed by atoms with E-state index in [2.05, 4.69) is 25.5 Å². The molecule has 0 aliphatic rings. The second-order valence-corrected chi connectivity index (χ2v) is 7.00. The van der Waals surface area contributed by atoms with Gasteiger partial charge in [0.15, 0.2) is 0 Å². The first-order valence-corrected chi connectivity index (χ1v) is 9.81. The van der Waals surface area contributed by atoms with Gasteiger partial charge in [-0.1, -0.05) is 30.3 Å². The third-order valence-corrected chi connectivity index (χ3v) is 4.63. The lowest BCUT2D eigenvalue weighted by molar-refractivity contribution is -0.754. The van der Waals surface area contributed by atoms with Gasteiger partial charge >= 0.3 is 12.1 Å². The number of ether oxygens (including phenoxy) is 1. The molecule has 34 heavy (non-hydrogen) atoms. The molecule has 0 atom stereocenters. The first kappa shape index (κ1) is 22.7. The topological polar surface area (TPSA) is 112 Å². The van der Waals surface area contributed by atoms with Crippen molar-refractivity contribution in [2.24, 2.45) is 4.99 Å². The monoisotopic (exact) mass is 470 g/mol. The van der Waals surface area contributed by atoms with Crippen LogP contribution in [0.5, 0.6) is 5.88 Å². The van der Waals surface area contributed by atoms with Gasteiger partial charge in [-0.2, -0.15) is 13.2 Å². The summed E-state index contributed by atoms with van der Waals surface area (Å²) in [6.45, 7) is 0.330. The summed E-state index contributed by atoms with van der Waals surface area (Å²) in [7, 11) is 1.53. The maximum absolute atomic E-state index is 12.8. The van der Waals surface area contributed by atoms with Gasteiger partial charge in [0.05, 0.1) is 24.3 Å². The Hall–Kier alpha value is -4.48. The fourth-order valence-corrected chi connectivity index (χ4v) is 3.07. The maximum atomic E-state index is 12.8. The van der Waals surface area contributed by atoms with Gasteiger partial charge in [-0.15, -0.1) is 0 Å². The molecule has 0 fully saturated rings. The van der Waals surface area contributed by atoms with E-state index in [1.165, 1.54) is 36.4 Å². The molecule has 0 saturated heterocycles. The van der Waals surface area contributed by atoms with Crippen molar-refractivity contribution in [3.05, 3.63) is 78.4 Å². The molecule has 4 aromatic rings. The quantitative estimate of drug-likeness (QED) is 0.262. The number of halogens is 3. The van der Waals surface area contributed by atoms with E-state index in [4.69, 9.17) is 9.26 Å². The van der Waals surface area contributed by atoms with Crippen LogP contribution >= 0.6 is 0 Å². The normalized spacial score (nSPS) is 11.9. The number of alkyl halides is 3. The van der Waals surface area contributed by atoms with Crippen LogP contribution in [0.1, 0.15) is 11.1 Å². The van der Waals surface area contributed by atoms with E-state index >= 15 is 0 Å². The zero-order valence-electron chi connectivity index (χ0n) is 17.7. The van der Waals surface area contributed by atoms with E-state index in [0.717, 1.165) is 28.8 Å². The summed E-state index contributed by atoms with van der Waals surface area (Å²) in [5, 5.41) is 18.1. The maximum Gasteiger partial charge on any atom is 0.416 e. The Balaban J connectivity index is 1.42. The van der Waals surface area contributed by atoms with Crippen LogP contribution in [0.2, 0.25) is 0 Å². The molecule has 0 aliphatic carbocycles. The number of aromatic nitrogens is 4. The first-order chi connectivity index (χ1) is 16.3. The summed E-state index contributed by atoms with van der Waals surface area (Å²) in [5.41, 5.74) is 1.58. The second kappa shape index (κ2) is 9.57. The molecule has 0 amide bonds. The molecule has 174 valence electrons. The van der Waals surface area contributed by atoms with Crippen molar-refractivity contribution in [1.82, 2.24) is 15.2 Å². The molecular weight excluding hydrogens is 453 g/mol. The molecule has 2 heterocycles. The zero-order valence-corrected chi connectivity index (χ0v) is 17.7. The fourth-order valence-electron chi connectivity index (χ4n) is 3.07. The van der Waals surface area contributed by atoms with Crippen molar-refractivity contribution in [3.8, 4) is 17.0 Å². The van der Waals surface area contributed by atoms with Crippen molar-refractivity contribution in [3.63, 3.8) is 0 Å². The minimum atomic E-state index is -4.52. The summed E-state index contributed by atoms with van der Waals surface area (Å²) in [5.74, 6) is 0.357. The number of amidine groups is 1. The molecular formula is C22H17F3N6O3. The molecule has 0 spiro atoms. The Morgan fingerprint density at radius 3 is 2.74 bits per heavy atom. The van der Waals surface area contributed by atoms with Gasteiger partial charge in [-0.25, -0.2) is 15.0 Å². The molecule has 0 bridgehead atoms. The van der Waals surface area contributed by atoms with Gasteiger partial charge in [0.25, 0.3) is 6.20 Å². The Morgan fingerprint density at radius 1 is 1.21 bits per heavy atom. The third kappa shape index (κ3) is 5.46. The predicted molar refractivity (Wildman–Crippen MR) is 112 cm³/mol. The number of nitrogens with zero attached hydrogens (tertiary/aromatic N) is 5. The molecule has 0 unspecified atom stereocenters. The van der Waals surface area contributed by atoms with E-state index in [9.17, 15) is 18.3 Å². The highest BCUT2D eigenvalue weighted by atomic mass is 19.4. The van der Waals surface area contributed by atoms with Crippen molar-refractivity contribution in [1.29, 1.82) is 0 Å². The Kier molecular flexibility index (Phi) is 6.39. The van der Waals surface area contributed by atoms with Gasteiger partial charge in [0.2, 0.25) is 17.7 Å². The van der Waals surface area contributed by atoms with Crippen LogP contribution in [0.3, 0.4) is 0 Å². The highest BCUT2D eigenvalue weighted by Gasteiger charge is 2.30. The molecule has 9 nitrogen and oxygen atoms in total. The van der Waals surface area contributed by atoms with Crippen LogP contribution in [0.15, 0.2) is 76.8 Å². The predicted octanol–water partition coefficient (Wildman–Crippen LogP) is 2.95. The highest BCUT2D eigenvalue weighted by Crippen LogP contribution is 2.30. The van der Waals surface area contributed by atoms with E-state index in [0.29, 0.717) is 12.4 Å². The lowest BCUT2D eigenvalue weighted by Gasteiger charge is -2.14. The van der Waals surface area contributed by atoms with Crippen LogP contribution in [-0.4, -0.2) is 28.4 Å². The van der Waals surface area contributed by atoms with Gasteiger partial charge in [-0.3, -0.25) is 4.52 Å². The second-order valence-electron chi connectivity index (χ2n) is 7.00. The number of aliphatic imine (C=N–C) groups is 1. The first-order valence-electron chi connectivity index (χ1n) is 9.81. The van der Waals surface area contributed by atoms with Crippen molar-refractivity contribution >= 4 is 17.6 Å². The average molecular weight is 470 g/mol. The summed E-state index contributed by atoms with van der Waals surface area (Å²) in [6, 6.07) is 10.8.